The van der Waals surface area contributed by atoms with Crippen LogP contribution in [0.1, 0.15) is 39.5 Å². The number of hydrogen-bond donors (Lipinski definition) is 1. The van der Waals surface area contributed by atoms with Gasteiger partial charge in [-0.2, -0.15) is 0 Å². The molecule has 0 aromatic heterocycles. The number of nitrogens with one attached hydrogen (secondary N) is 1. The van der Waals surface area contributed by atoms with E-state index in [1.807, 2.05) is 4.90 Å². The monoisotopic (exact) mass is 433 g/mol. The molecule has 0 atom stereocenters. The predicted octanol–water partition coefficient (Wildman–Crippen LogP) is 1.81. The van der Waals surface area contributed by atoms with E-state index in [0.29, 0.717) is 32.3 Å². The molecule has 2 saturated heterocycles. The quantitative estimate of drug-likeness (QED) is 0.533. The Bertz CT molecular complexity index is 451. The molecule has 2 amide bonds. The number of likely N-dealkylation sites (tertiary alicyclic amines) is 1. The third-order valence-electron chi connectivity index (χ3n) is 5.62. The van der Waals surface area contributed by atoms with Gasteiger partial charge >= 0.3 is 0 Å². The van der Waals surface area contributed by atoms with Crippen LogP contribution in [0.15, 0.2) is 0 Å². The van der Waals surface area contributed by atoms with Gasteiger partial charge in [0, 0.05) is 44.1 Å². The number of carbonyl (C=O) groups is 2. The van der Waals surface area contributed by atoms with Crippen LogP contribution in [0.5, 0.6) is 0 Å². The number of nitrogens with zero attached hydrogens (tertiary/aromatic N) is 2. The molecule has 1 radical (unpaired) electrons. The maximum absolute atomic E-state index is 12.1. The smallest absolute Gasteiger partial charge is 0.248 e. The van der Waals surface area contributed by atoms with Gasteiger partial charge in [-0.3, -0.25) is 9.59 Å². The molecule has 8 heteroatoms. The van der Waals surface area contributed by atoms with Crippen molar-refractivity contribution in [1.82, 2.24) is 10.2 Å². The maximum atomic E-state index is 12.1. The minimum absolute atomic E-state index is 0. The molecule has 28 heavy (non-hydrogen) atoms. The van der Waals surface area contributed by atoms with Crippen molar-refractivity contribution in [2.75, 3.05) is 59.2 Å². The van der Waals surface area contributed by atoms with Crippen molar-refractivity contribution in [3.63, 3.8) is 0 Å². The summed E-state index contributed by atoms with van der Waals surface area (Å²) in [6, 6.07) is 0. The molecule has 0 aliphatic carbocycles. The number of carbonyl (C=O) groups excluding carboxylic acids is 2. The molecule has 2 rings (SSSR count). The van der Waals surface area contributed by atoms with Gasteiger partial charge in [0.15, 0.2) is 0 Å². The fourth-order valence-electron chi connectivity index (χ4n) is 3.69. The molecular weight excluding hydrogens is 397 g/mol. The molecule has 7 nitrogen and oxygen atoms in total. The molecule has 2 aliphatic heterocycles. The average molecular weight is 433 g/mol. The summed E-state index contributed by atoms with van der Waals surface area (Å²) in [7, 11) is 0. The zero-order valence-corrected chi connectivity index (χ0v) is 18.8. The number of hydrogen-bond acceptors (Lipinski definition) is 4. The molecule has 0 unspecified atom stereocenters. The minimum Gasteiger partial charge on any atom is -0.662 e. The van der Waals surface area contributed by atoms with E-state index in [0.717, 1.165) is 57.8 Å². The molecule has 0 saturated carbocycles. The molecule has 0 bridgehead atoms. The Balaban J connectivity index is 0.00000392. The van der Waals surface area contributed by atoms with E-state index < -0.39 is 0 Å². The SMILES string of the molecule is CC(C)C1CCN(C(=O)COCCOCCNC(=O)C2CC[N-]CC2)CC1.[V]. The minimum atomic E-state index is 0. The van der Waals surface area contributed by atoms with Crippen molar-refractivity contribution < 1.29 is 37.6 Å². The van der Waals surface area contributed by atoms with Gasteiger partial charge in [-0.25, -0.2) is 0 Å². The fourth-order valence-corrected chi connectivity index (χ4v) is 3.69. The molecule has 0 spiro atoms. The summed E-state index contributed by atoms with van der Waals surface area (Å²) >= 11 is 0. The summed E-state index contributed by atoms with van der Waals surface area (Å²) in [6.07, 6.45) is 3.88. The van der Waals surface area contributed by atoms with Crippen LogP contribution >= 0.6 is 0 Å². The molecule has 2 aliphatic rings. The van der Waals surface area contributed by atoms with Crippen molar-refractivity contribution in [2.45, 2.75) is 39.5 Å². The van der Waals surface area contributed by atoms with Crippen LogP contribution < -0.4 is 5.32 Å². The molecule has 161 valence electrons. The van der Waals surface area contributed by atoms with E-state index in [1.54, 1.807) is 0 Å². The third kappa shape index (κ3) is 9.27. The van der Waals surface area contributed by atoms with Crippen LogP contribution in [0.4, 0.5) is 0 Å². The Morgan fingerprint density at radius 3 is 2.32 bits per heavy atom. The van der Waals surface area contributed by atoms with Crippen molar-refractivity contribution in [3.05, 3.63) is 5.32 Å². The fraction of sp³-hybridized carbons (Fsp3) is 0.900. The van der Waals surface area contributed by atoms with Gasteiger partial charge in [-0.05, 0) is 24.7 Å². The largest absolute Gasteiger partial charge is 0.662 e. The summed E-state index contributed by atoms with van der Waals surface area (Å²) in [4.78, 5) is 26.0. The van der Waals surface area contributed by atoms with Gasteiger partial charge in [0.1, 0.15) is 6.61 Å². The summed E-state index contributed by atoms with van der Waals surface area (Å²) in [5.41, 5.74) is 0. The third-order valence-corrected chi connectivity index (χ3v) is 5.62. The van der Waals surface area contributed by atoms with Crippen LogP contribution in [-0.2, 0) is 37.6 Å². The second-order valence-electron chi connectivity index (χ2n) is 7.86. The summed E-state index contributed by atoms with van der Waals surface area (Å²) in [6.45, 7) is 9.70. The first-order valence-electron chi connectivity index (χ1n) is 10.4. The van der Waals surface area contributed by atoms with E-state index in [9.17, 15) is 9.59 Å². The van der Waals surface area contributed by atoms with Crippen molar-refractivity contribution in [2.24, 2.45) is 17.8 Å². The first kappa shape index (κ1) is 25.4. The second-order valence-corrected chi connectivity index (χ2v) is 7.86. The van der Waals surface area contributed by atoms with E-state index in [-0.39, 0.29) is 42.9 Å². The van der Waals surface area contributed by atoms with Gasteiger partial charge in [-0.1, -0.05) is 26.7 Å². The van der Waals surface area contributed by atoms with Crippen LogP contribution in [0.25, 0.3) is 5.32 Å². The Morgan fingerprint density at radius 1 is 1.04 bits per heavy atom. The zero-order chi connectivity index (χ0) is 19.5. The van der Waals surface area contributed by atoms with Gasteiger partial charge in [-0.15, -0.1) is 13.1 Å². The van der Waals surface area contributed by atoms with Crippen LogP contribution in [0, 0.1) is 17.8 Å². The molecule has 0 aromatic rings. The van der Waals surface area contributed by atoms with Gasteiger partial charge in [0.25, 0.3) is 0 Å². The van der Waals surface area contributed by atoms with E-state index in [4.69, 9.17) is 9.47 Å². The topological polar surface area (TPSA) is 82.0 Å². The molecule has 1 N–H and O–H groups in total. The molecule has 2 heterocycles. The number of ether oxygens (including phenoxy) is 2. The Morgan fingerprint density at radius 2 is 1.68 bits per heavy atom. The summed E-state index contributed by atoms with van der Waals surface area (Å²) in [5, 5.41) is 7.16. The Labute approximate surface area is 181 Å². The Hall–Kier alpha value is -0.596. The normalized spacial score (nSPS) is 18.8. The van der Waals surface area contributed by atoms with Gasteiger partial charge < -0.3 is 25.0 Å². The first-order chi connectivity index (χ1) is 13.1. The van der Waals surface area contributed by atoms with Crippen LogP contribution in [0.2, 0.25) is 0 Å². The Kier molecular flexibility index (Phi) is 13.1. The standard InChI is InChI=1S/C20H36N3O4.V/c1-16(2)17-5-10-23(11-6-17)19(24)15-27-14-13-26-12-9-22-20(25)18-3-7-21-8-4-18;/h16-18H,3-15H2,1-2H3,(H,22,25);/q-1;. The average Bonchev–Trinajstić information content (AvgIpc) is 2.70. The number of piperidine rings is 2. The van der Waals surface area contributed by atoms with Crippen LogP contribution in [0.3, 0.4) is 0 Å². The van der Waals surface area contributed by atoms with Crippen molar-refractivity contribution in [3.8, 4) is 0 Å². The maximum Gasteiger partial charge on any atom is 0.248 e. The zero-order valence-electron chi connectivity index (χ0n) is 17.4. The van der Waals surface area contributed by atoms with Gasteiger partial charge in [0.05, 0.1) is 19.8 Å². The van der Waals surface area contributed by atoms with E-state index in [1.165, 1.54) is 0 Å². The molecular formula is C20H36N3O4V-. The first-order valence-corrected chi connectivity index (χ1v) is 10.4. The van der Waals surface area contributed by atoms with Crippen LogP contribution in [-0.4, -0.2) is 75.9 Å². The summed E-state index contributed by atoms with van der Waals surface area (Å²) < 4.78 is 10.9. The molecule has 0 aromatic carbocycles. The number of rotatable bonds is 10. The van der Waals surface area contributed by atoms with Gasteiger partial charge in [0.2, 0.25) is 11.8 Å². The number of amides is 2. The van der Waals surface area contributed by atoms with Crippen molar-refractivity contribution in [1.29, 1.82) is 0 Å². The molecule has 2 fully saturated rings. The van der Waals surface area contributed by atoms with E-state index >= 15 is 0 Å². The van der Waals surface area contributed by atoms with Crippen molar-refractivity contribution >= 4 is 11.8 Å². The predicted molar refractivity (Wildman–Crippen MR) is 105 cm³/mol. The van der Waals surface area contributed by atoms with E-state index in [2.05, 4.69) is 24.5 Å². The second kappa shape index (κ2) is 14.4. The summed E-state index contributed by atoms with van der Waals surface area (Å²) in [5.74, 6) is 1.71.